The minimum atomic E-state index is -0.505. The first-order chi connectivity index (χ1) is 11.1. The van der Waals surface area contributed by atoms with Crippen LogP contribution < -0.4 is 15.4 Å². The molecule has 23 heavy (non-hydrogen) atoms. The summed E-state index contributed by atoms with van der Waals surface area (Å²) in [6.45, 7) is 0. The molecule has 0 radical (unpaired) electrons. The highest BCUT2D eigenvalue weighted by Gasteiger charge is 2.13. The van der Waals surface area contributed by atoms with E-state index in [1.165, 1.54) is 0 Å². The zero-order chi connectivity index (χ0) is 16.2. The van der Waals surface area contributed by atoms with Crippen molar-refractivity contribution >= 4 is 17.7 Å². The maximum atomic E-state index is 11.9. The molecule has 0 aliphatic carbocycles. The number of aryl methyl sites for hydroxylation is 1. The average Bonchev–Trinajstić information content (AvgIpc) is 3.16. The molecule has 0 aliphatic rings. The van der Waals surface area contributed by atoms with E-state index in [2.05, 4.69) is 25.9 Å². The van der Waals surface area contributed by atoms with Crippen LogP contribution in [0.5, 0.6) is 5.75 Å². The van der Waals surface area contributed by atoms with Gasteiger partial charge in [0.15, 0.2) is 0 Å². The predicted molar refractivity (Wildman–Crippen MR) is 82.1 cm³/mol. The lowest BCUT2D eigenvalue weighted by Crippen LogP contribution is -2.19. The monoisotopic (exact) mass is 314 g/mol. The molecule has 0 spiro atoms. The van der Waals surface area contributed by atoms with E-state index in [0.717, 1.165) is 0 Å². The molecule has 0 bridgehead atoms. The van der Waals surface area contributed by atoms with E-state index in [-0.39, 0.29) is 11.9 Å². The number of carbonyl (C=O) groups excluding carboxylic acids is 1. The Hall–Kier alpha value is -3.36. The van der Waals surface area contributed by atoms with Crippen molar-refractivity contribution in [3.8, 4) is 17.3 Å². The molecule has 2 amide bonds. The number of nitrogens with one attached hydrogen (secondary N) is 2. The molecule has 2 heterocycles. The van der Waals surface area contributed by atoms with Gasteiger partial charge in [0.05, 0.1) is 7.11 Å². The van der Waals surface area contributed by atoms with E-state index in [4.69, 9.17) is 9.15 Å². The maximum Gasteiger partial charge on any atom is 0.327 e. The lowest BCUT2D eigenvalue weighted by Gasteiger charge is -2.06. The number of anilines is 2. The average molecular weight is 314 g/mol. The van der Waals surface area contributed by atoms with Gasteiger partial charge in [0.1, 0.15) is 11.4 Å². The van der Waals surface area contributed by atoms with Crippen LogP contribution in [0.15, 0.2) is 40.9 Å². The van der Waals surface area contributed by atoms with Crippen LogP contribution in [-0.4, -0.2) is 33.1 Å². The van der Waals surface area contributed by atoms with Gasteiger partial charge in [0, 0.05) is 25.0 Å². The summed E-state index contributed by atoms with van der Waals surface area (Å²) in [5.74, 6) is 0.861. The largest absolute Gasteiger partial charge is 0.497 e. The first kappa shape index (κ1) is 14.6. The SMILES string of the molecule is COc1cccc(NC(=O)Nc2nnc(-c3ccn(C)n3)o2)c1. The number of hydrogen-bond donors (Lipinski definition) is 2. The number of hydrogen-bond acceptors (Lipinski definition) is 6. The third kappa shape index (κ3) is 3.46. The number of methoxy groups -OCH3 is 1. The van der Waals surface area contributed by atoms with Crippen molar-refractivity contribution in [2.45, 2.75) is 0 Å². The zero-order valence-corrected chi connectivity index (χ0v) is 12.5. The molecule has 3 aromatic rings. The van der Waals surface area contributed by atoms with Crippen LogP contribution in [-0.2, 0) is 7.05 Å². The highest BCUT2D eigenvalue weighted by molar-refractivity contribution is 5.98. The minimum absolute atomic E-state index is 0.0222. The summed E-state index contributed by atoms with van der Waals surface area (Å²) in [7, 11) is 3.33. The summed E-state index contributed by atoms with van der Waals surface area (Å²) in [5.41, 5.74) is 1.10. The van der Waals surface area contributed by atoms with Crippen LogP contribution in [0, 0.1) is 0 Å². The van der Waals surface area contributed by atoms with E-state index in [0.29, 0.717) is 17.1 Å². The van der Waals surface area contributed by atoms with Gasteiger partial charge in [-0.3, -0.25) is 10.00 Å². The van der Waals surface area contributed by atoms with Gasteiger partial charge in [-0.25, -0.2) is 4.79 Å². The molecule has 9 heteroatoms. The van der Waals surface area contributed by atoms with Gasteiger partial charge in [0.2, 0.25) is 0 Å². The Bertz CT molecular complexity index is 825. The van der Waals surface area contributed by atoms with Crippen molar-refractivity contribution in [3.05, 3.63) is 36.5 Å². The first-order valence-corrected chi connectivity index (χ1v) is 6.69. The Morgan fingerprint density at radius 3 is 2.87 bits per heavy atom. The Kier molecular flexibility index (Phi) is 3.91. The second-order valence-corrected chi connectivity index (χ2v) is 4.60. The summed E-state index contributed by atoms with van der Waals surface area (Å²) in [6, 6.07) is 8.16. The maximum absolute atomic E-state index is 11.9. The van der Waals surface area contributed by atoms with Crippen molar-refractivity contribution < 1.29 is 13.9 Å². The molecular weight excluding hydrogens is 300 g/mol. The lowest BCUT2D eigenvalue weighted by atomic mass is 10.3. The summed E-state index contributed by atoms with van der Waals surface area (Å²) >= 11 is 0. The van der Waals surface area contributed by atoms with Crippen molar-refractivity contribution in [3.63, 3.8) is 0 Å². The minimum Gasteiger partial charge on any atom is -0.497 e. The molecule has 0 saturated heterocycles. The van der Waals surface area contributed by atoms with Crippen LogP contribution in [0.1, 0.15) is 0 Å². The van der Waals surface area contributed by atoms with Crippen LogP contribution >= 0.6 is 0 Å². The third-order valence-electron chi connectivity index (χ3n) is 2.91. The van der Waals surface area contributed by atoms with Gasteiger partial charge in [-0.2, -0.15) is 5.10 Å². The zero-order valence-electron chi connectivity index (χ0n) is 12.5. The lowest BCUT2D eigenvalue weighted by molar-refractivity contribution is 0.261. The molecule has 0 atom stereocenters. The van der Waals surface area contributed by atoms with E-state index in [9.17, 15) is 4.79 Å². The second kappa shape index (κ2) is 6.18. The van der Waals surface area contributed by atoms with Gasteiger partial charge < -0.3 is 14.5 Å². The quantitative estimate of drug-likeness (QED) is 0.764. The summed E-state index contributed by atoms with van der Waals surface area (Å²) < 4.78 is 12.0. The number of benzene rings is 1. The number of urea groups is 1. The second-order valence-electron chi connectivity index (χ2n) is 4.60. The molecule has 0 unspecified atom stereocenters. The first-order valence-electron chi connectivity index (χ1n) is 6.69. The van der Waals surface area contributed by atoms with Gasteiger partial charge in [-0.15, -0.1) is 5.10 Å². The fourth-order valence-corrected chi connectivity index (χ4v) is 1.87. The smallest absolute Gasteiger partial charge is 0.327 e. The predicted octanol–water partition coefficient (Wildman–Crippen LogP) is 2.12. The molecule has 1 aromatic carbocycles. The van der Waals surface area contributed by atoms with Gasteiger partial charge in [-0.1, -0.05) is 11.2 Å². The fraction of sp³-hybridized carbons (Fsp3) is 0.143. The van der Waals surface area contributed by atoms with Crippen molar-refractivity contribution in [2.24, 2.45) is 7.05 Å². The number of aromatic nitrogens is 4. The number of carbonyl (C=O) groups is 1. The third-order valence-corrected chi connectivity index (χ3v) is 2.91. The Balaban J connectivity index is 1.65. The number of nitrogens with zero attached hydrogens (tertiary/aromatic N) is 4. The molecular formula is C14H14N6O3. The van der Waals surface area contributed by atoms with Crippen LogP contribution in [0.25, 0.3) is 11.6 Å². The molecule has 3 rings (SSSR count). The van der Waals surface area contributed by atoms with Crippen LogP contribution in [0.2, 0.25) is 0 Å². The molecule has 0 aliphatic heterocycles. The Morgan fingerprint density at radius 1 is 1.26 bits per heavy atom. The molecule has 0 saturated carbocycles. The number of amides is 2. The van der Waals surface area contributed by atoms with Crippen LogP contribution in [0.4, 0.5) is 16.5 Å². The molecule has 2 N–H and O–H groups in total. The fourth-order valence-electron chi connectivity index (χ4n) is 1.87. The topological polar surface area (TPSA) is 107 Å². The van der Waals surface area contributed by atoms with Crippen molar-refractivity contribution in [1.29, 1.82) is 0 Å². The van der Waals surface area contributed by atoms with Gasteiger partial charge in [0.25, 0.3) is 5.89 Å². The molecule has 0 fully saturated rings. The summed E-state index contributed by atoms with van der Waals surface area (Å²) in [6.07, 6.45) is 1.75. The van der Waals surface area contributed by atoms with Crippen molar-refractivity contribution in [1.82, 2.24) is 20.0 Å². The van der Waals surface area contributed by atoms with E-state index < -0.39 is 6.03 Å². The van der Waals surface area contributed by atoms with E-state index in [1.54, 1.807) is 55.4 Å². The highest BCUT2D eigenvalue weighted by atomic mass is 16.5. The number of ether oxygens (including phenoxy) is 1. The normalized spacial score (nSPS) is 10.3. The van der Waals surface area contributed by atoms with Crippen molar-refractivity contribution in [2.75, 3.05) is 17.7 Å². The van der Waals surface area contributed by atoms with Gasteiger partial charge >= 0.3 is 12.0 Å². The molecule has 2 aromatic heterocycles. The summed E-state index contributed by atoms with van der Waals surface area (Å²) in [5, 5.41) is 16.8. The Labute approximate surface area is 131 Å². The van der Waals surface area contributed by atoms with E-state index in [1.807, 2.05) is 0 Å². The highest BCUT2D eigenvalue weighted by Crippen LogP contribution is 2.19. The van der Waals surface area contributed by atoms with Crippen LogP contribution in [0.3, 0.4) is 0 Å². The molecule has 118 valence electrons. The Morgan fingerprint density at radius 2 is 2.13 bits per heavy atom. The van der Waals surface area contributed by atoms with Gasteiger partial charge in [-0.05, 0) is 18.2 Å². The standard InChI is InChI=1S/C14H14N6O3/c1-20-7-6-11(19-20)12-17-18-14(23-12)16-13(21)15-9-4-3-5-10(8-9)22-2/h3-8H,1-2H3,(H2,15,16,18,21). The summed E-state index contributed by atoms with van der Waals surface area (Å²) in [4.78, 5) is 11.9. The van der Waals surface area contributed by atoms with E-state index >= 15 is 0 Å². The number of rotatable bonds is 4. The molecule has 9 nitrogen and oxygen atoms in total.